The first kappa shape index (κ1) is 17.1. The van der Waals surface area contributed by atoms with Crippen LogP contribution in [0.15, 0.2) is 46.6 Å². The molecule has 0 saturated carbocycles. The molecule has 130 valence electrons. The third-order valence-electron chi connectivity index (χ3n) is 3.27. The minimum absolute atomic E-state index is 0.123. The Morgan fingerprint density at radius 1 is 1.40 bits per heavy atom. The van der Waals surface area contributed by atoms with E-state index < -0.39 is 5.25 Å². The lowest BCUT2D eigenvalue weighted by Crippen LogP contribution is -2.30. The molecule has 8 nitrogen and oxygen atoms in total. The zero-order valence-electron chi connectivity index (χ0n) is 13.3. The van der Waals surface area contributed by atoms with Gasteiger partial charge in [-0.2, -0.15) is 5.10 Å². The summed E-state index contributed by atoms with van der Waals surface area (Å²) < 4.78 is 20.6. The first-order valence-electron chi connectivity index (χ1n) is 7.44. The van der Waals surface area contributed by atoms with Gasteiger partial charge in [-0.15, -0.1) is 10.2 Å². The topological polar surface area (TPSA) is 98.7 Å². The maximum Gasteiger partial charge on any atom is 0.277 e. The van der Waals surface area contributed by atoms with E-state index in [1.54, 1.807) is 29.8 Å². The molecule has 0 fully saturated rings. The van der Waals surface area contributed by atoms with Crippen molar-refractivity contribution in [2.75, 3.05) is 0 Å². The Hall–Kier alpha value is -2.75. The average molecular weight is 362 g/mol. The van der Waals surface area contributed by atoms with Crippen LogP contribution in [0.1, 0.15) is 18.4 Å². The number of benzene rings is 1. The van der Waals surface area contributed by atoms with E-state index in [9.17, 15) is 9.18 Å². The second-order valence-corrected chi connectivity index (χ2v) is 6.42. The van der Waals surface area contributed by atoms with Crippen molar-refractivity contribution in [3.05, 3.63) is 54.2 Å². The van der Waals surface area contributed by atoms with Gasteiger partial charge in [0.1, 0.15) is 25.0 Å². The fourth-order valence-electron chi connectivity index (χ4n) is 1.98. The van der Waals surface area contributed by atoms with Crippen LogP contribution in [0.4, 0.5) is 4.39 Å². The molecule has 10 heteroatoms. The number of hydrogen-bond donors (Lipinski definition) is 1. The summed E-state index contributed by atoms with van der Waals surface area (Å²) in [6, 6.07) is 6.31. The van der Waals surface area contributed by atoms with Crippen LogP contribution in [0, 0.1) is 5.82 Å². The molecule has 3 rings (SSSR count). The quantitative estimate of drug-likeness (QED) is 0.638. The van der Waals surface area contributed by atoms with Gasteiger partial charge in [0.15, 0.2) is 0 Å². The van der Waals surface area contributed by atoms with E-state index in [1.165, 1.54) is 18.7 Å². The number of nitrogens with zero attached hydrogens (tertiary/aromatic N) is 5. The molecular weight excluding hydrogens is 347 g/mol. The van der Waals surface area contributed by atoms with Crippen LogP contribution in [-0.2, 0) is 17.9 Å². The zero-order valence-corrected chi connectivity index (χ0v) is 14.1. The van der Waals surface area contributed by atoms with Gasteiger partial charge in [0.05, 0.1) is 5.25 Å². The molecule has 1 unspecified atom stereocenters. The summed E-state index contributed by atoms with van der Waals surface area (Å²) in [7, 11) is 0. The van der Waals surface area contributed by atoms with E-state index >= 15 is 0 Å². The monoisotopic (exact) mass is 362 g/mol. The maximum absolute atomic E-state index is 13.5. The van der Waals surface area contributed by atoms with E-state index in [-0.39, 0.29) is 23.5 Å². The van der Waals surface area contributed by atoms with Crippen LogP contribution in [0.3, 0.4) is 0 Å². The second-order valence-electron chi connectivity index (χ2n) is 5.12. The largest absolute Gasteiger partial charge is 0.414 e. The summed E-state index contributed by atoms with van der Waals surface area (Å²) in [5, 5.41) is 14.2. The number of amides is 1. The molecule has 1 aromatic carbocycles. The van der Waals surface area contributed by atoms with E-state index in [0.29, 0.717) is 18.0 Å². The molecule has 0 aliphatic heterocycles. The van der Waals surface area contributed by atoms with Gasteiger partial charge >= 0.3 is 0 Å². The van der Waals surface area contributed by atoms with Gasteiger partial charge in [0.2, 0.25) is 11.8 Å². The Morgan fingerprint density at radius 3 is 3.00 bits per heavy atom. The van der Waals surface area contributed by atoms with Gasteiger partial charge in [0.25, 0.3) is 5.22 Å². The van der Waals surface area contributed by atoms with Crippen molar-refractivity contribution in [2.45, 2.75) is 30.5 Å². The number of nitrogens with one attached hydrogen (secondary N) is 1. The highest BCUT2D eigenvalue weighted by molar-refractivity contribution is 8.00. The maximum atomic E-state index is 13.5. The fraction of sp³-hybridized carbons (Fsp3) is 0.267. The van der Waals surface area contributed by atoms with Gasteiger partial charge in [-0.1, -0.05) is 30.0 Å². The van der Waals surface area contributed by atoms with Crippen molar-refractivity contribution < 1.29 is 13.6 Å². The normalized spacial score (nSPS) is 12.1. The van der Waals surface area contributed by atoms with Gasteiger partial charge < -0.3 is 9.73 Å². The number of hydrogen-bond acceptors (Lipinski definition) is 7. The van der Waals surface area contributed by atoms with Crippen molar-refractivity contribution in [3.63, 3.8) is 0 Å². The molecule has 0 radical (unpaired) electrons. The average Bonchev–Trinajstić information content (AvgIpc) is 3.26. The summed E-state index contributed by atoms with van der Waals surface area (Å²) >= 11 is 1.13. The number of halogens is 1. The highest BCUT2D eigenvalue weighted by Gasteiger charge is 2.18. The van der Waals surface area contributed by atoms with E-state index in [1.807, 2.05) is 0 Å². The Balaban J connectivity index is 1.51. The van der Waals surface area contributed by atoms with Crippen LogP contribution in [0.5, 0.6) is 0 Å². The first-order chi connectivity index (χ1) is 12.1. The molecule has 2 heterocycles. The third kappa shape index (κ3) is 4.63. The lowest BCUT2D eigenvalue weighted by molar-refractivity contribution is -0.120. The minimum Gasteiger partial charge on any atom is -0.414 e. The molecular formula is C15H15FN6O2S. The first-order valence-corrected chi connectivity index (χ1v) is 8.32. The number of thioether (sulfide) groups is 1. The molecule has 0 aliphatic carbocycles. The van der Waals surface area contributed by atoms with E-state index in [2.05, 4.69) is 25.6 Å². The van der Waals surface area contributed by atoms with E-state index in [0.717, 1.165) is 11.8 Å². The molecule has 1 N–H and O–H groups in total. The second kappa shape index (κ2) is 7.88. The molecule has 0 bridgehead atoms. The number of carbonyl (C=O) groups excluding carboxylic acids is 1. The van der Waals surface area contributed by atoms with Crippen LogP contribution in [0.2, 0.25) is 0 Å². The van der Waals surface area contributed by atoms with Crippen molar-refractivity contribution in [1.29, 1.82) is 0 Å². The van der Waals surface area contributed by atoms with Crippen molar-refractivity contribution in [3.8, 4) is 0 Å². The summed E-state index contributed by atoms with van der Waals surface area (Å²) in [6.07, 6.45) is 2.95. The van der Waals surface area contributed by atoms with Crippen LogP contribution < -0.4 is 5.32 Å². The summed E-state index contributed by atoms with van der Waals surface area (Å²) in [5.74, 6) is -0.228. The lowest BCUT2D eigenvalue weighted by Gasteiger charge is -2.10. The van der Waals surface area contributed by atoms with Crippen LogP contribution >= 0.6 is 11.8 Å². The minimum atomic E-state index is -0.466. The Labute approximate surface area is 146 Å². The zero-order chi connectivity index (χ0) is 17.6. The van der Waals surface area contributed by atoms with Crippen molar-refractivity contribution >= 4 is 17.7 Å². The van der Waals surface area contributed by atoms with Gasteiger partial charge in [-0.25, -0.2) is 14.1 Å². The predicted octanol–water partition coefficient (Wildman–Crippen LogP) is 1.65. The summed E-state index contributed by atoms with van der Waals surface area (Å²) in [5.41, 5.74) is 0.431. The molecule has 3 aromatic rings. The summed E-state index contributed by atoms with van der Waals surface area (Å²) in [4.78, 5) is 16.0. The summed E-state index contributed by atoms with van der Waals surface area (Å²) in [6.45, 7) is 2.14. The van der Waals surface area contributed by atoms with Gasteiger partial charge in [0, 0.05) is 12.1 Å². The highest BCUT2D eigenvalue weighted by Crippen LogP contribution is 2.22. The number of aromatic nitrogens is 5. The molecule has 0 aliphatic rings. The highest BCUT2D eigenvalue weighted by atomic mass is 32.2. The number of carbonyl (C=O) groups is 1. The molecule has 0 saturated heterocycles. The Morgan fingerprint density at radius 2 is 2.24 bits per heavy atom. The molecule has 1 atom stereocenters. The predicted molar refractivity (Wildman–Crippen MR) is 87.0 cm³/mol. The standard InChI is InChI=1S/C15H15FN6O2S/c1-10(14(23)18-6-11-4-2-3-5-12(11)16)25-15-21-20-13(24-15)7-22-9-17-8-19-22/h2-5,8-10H,6-7H2,1H3,(H,18,23). The number of rotatable bonds is 7. The third-order valence-corrected chi connectivity index (χ3v) is 4.20. The lowest BCUT2D eigenvalue weighted by atomic mass is 10.2. The Kier molecular flexibility index (Phi) is 5.39. The molecule has 2 aromatic heterocycles. The smallest absolute Gasteiger partial charge is 0.277 e. The molecule has 1 amide bonds. The fourth-order valence-corrected chi connectivity index (χ4v) is 2.70. The molecule has 0 spiro atoms. The van der Waals surface area contributed by atoms with Crippen LogP contribution in [-0.4, -0.2) is 36.1 Å². The van der Waals surface area contributed by atoms with Crippen molar-refractivity contribution in [2.24, 2.45) is 0 Å². The van der Waals surface area contributed by atoms with Gasteiger partial charge in [-0.05, 0) is 13.0 Å². The van der Waals surface area contributed by atoms with Crippen LogP contribution in [0.25, 0.3) is 0 Å². The van der Waals surface area contributed by atoms with Crippen molar-refractivity contribution in [1.82, 2.24) is 30.3 Å². The Bertz CT molecular complexity index is 838. The van der Waals surface area contributed by atoms with Gasteiger partial charge in [-0.3, -0.25) is 4.79 Å². The SMILES string of the molecule is CC(Sc1nnc(Cn2cncn2)o1)C(=O)NCc1ccccc1F. The molecule has 25 heavy (non-hydrogen) atoms. The van der Waals surface area contributed by atoms with E-state index in [4.69, 9.17) is 4.42 Å².